The molecule has 0 spiro atoms. The molecule has 0 unspecified atom stereocenters. The van der Waals surface area contributed by atoms with Gasteiger partial charge in [0, 0.05) is 13.0 Å². The minimum atomic E-state index is -4.49. The molecule has 158 valence electrons. The van der Waals surface area contributed by atoms with Gasteiger partial charge in [-0.05, 0) is 37.2 Å². The molecular formula is C18H21F3N4O3S. The summed E-state index contributed by atoms with van der Waals surface area (Å²) in [7, 11) is 0. The van der Waals surface area contributed by atoms with Crippen LogP contribution in [-0.4, -0.2) is 40.6 Å². The van der Waals surface area contributed by atoms with Gasteiger partial charge in [0.05, 0.1) is 17.4 Å². The number of fused-ring (bicyclic) bond motifs is 1. The zero-order valence-corrected chi connectivity index (χ0v) is 16.3. The molecule has 0 atom stereocenters. The van der Waals surface area contributed by atoms with Gasteiger partial charge in [-0.2, -0.15) is 13.2 Å². The van der Waals surface area contributed by atoms with E-state index in [1.807, 2.05) is 6.07 Å². The van der Waals surface area contributed by atoms with Crippen LogP contribution in [0.2, 0.25) is 0 Å². The SMILES string of the molecule is O=C(CCCCCn1c(=S)[nH]c2ccccc2c1=O)NCC(=O)NCC(F)(F)F. The number of benzene rings is 1. The molecule has 2 rings (SSSR count). The number of carbonyl (C=O) groups excluding carboxylic acids is 2. The second kappa shape index (κ2) is 10.2. The van der Waals surface area contributed by atoms with Crippen molar-refractivity contribution in [1.82, 2.24) is 20.2 Å². The Morgan fingerprint density at radius 2 is 1.79 bits per heavy atom. The first-order chi connectivity index (χ1) is 13.7. The number of halogens is 3. The summed E-state index contributed by atoms with van der Waals surface area (Å²) in [6.45, 7) is -1.53. The maximum atomic E-state index is 12.5. The molecule has 0 saturated heterocycles. The summed E-state index contributed by atoms with van der Waals surface area (Å²) in [5, 5.41) is 4.49. The van der Waals surface area contributed by atoms with Gasteiger partial charge in [0.2, 0.25) is 11.8 Å². The Labute approximate surface area is 169 Å². The summed E-state index contributed by atoms with van der Waals surface area (Å²) >= 11 is 5.22. The average molecular weight is 430 g/mol. The molecule has 0 aliphatic rings. The van der Waals surface area contributed by atoms with E-state index in [1.54, 1.807) is 23.5 Å². The Morgan fingerprint density at radius 3 is 2.52 bits per heavy atom. The quantitative estimate of drug-likeness (QED) is 0.421. The standard InChI is InChI=1S/C18H21F3N4O3S/c19-18(20,21)11-23-15(27)10-22-14(26)8-2-1-5-9-25-16(28)12-6-3-4-7-13(12)24-17(25)29/h3-4,6-7H,1-2,5,8-11H2,(H,22,26)(H,23,27)(H,24,29). The predicted molar refractivity (Wildman–Crippen MR) is 104 cm³/mol. The highest BCUT2D eigenvalue weighted by atomic mass is 32.1. The number of hydrogen-bond donors (Lipinski definition) is 3. The number of nitrogens with one attached hydrogen (secondary N) is 3. The van der Waals surface area contributed by atoms with Gasteiger partial charge >= 0.3 is 6.18 Å². The van der Waals surface area contributed by atoms with Crippen LogP contribution in [0.4, 0.5) is 13.2 Å². The van der Waals surface area contributed by atoms with Crippen LogP contribution in [0.3, 0.4) is 0 Å². The molecule has 0 saturated carbocycles. The van der Waals surface area contributed by atoms with E-state index in [2.05, 4.69) is 10.3 Å². The highest BCUT2D eigenvalue weighted by Gasteiger charge is 2.27. The van der Waals surface area contributed by atoms with Crippen LogP contribution in [0.5, 0.6) is 0 Å². The zero-order valence-electron chi connectivity index (χ0n) is 15.5. The highest BCUT2D eigenvalue weighted by Crippen LogP contribution is 2.12. The molecule has 3 N–H and O–H groups in total. The van der Waals surface area contributed by atoms with Crippen LogP contribution in [0.1, 0.15) is 25.7 Å². The van der Waals surface area contributed by atoms with Crippen molar-refractivity contribution in [2.24, 2.45) is 0 Å². The molecule has 0 fully saturated rings. The summed E-state index contributed by atoms with van der Waals surface area (Å²) < 4.78 is 37.7. The number of hydrogen-bond acceptors (Lipinski definition) is 4. The van der Waals surface area contributed by atoms with E-state index in [4.69, 9.17) is 12.2 Å². The molecule has 2 amide bonds. The smallest absolute Gasteiger partial charge is 0.347 e. The Bertz CT molecular complexity index is 985. The average Bonchev–Trinajstić information content (AvgIpc) is 2.66. The summed E-state index contributed by atoms with van der Waals surface area (Å²) in [6, 6.07) is 7.07. The Balaban J connectivity index is 1.70. The van der Waals surface area contributed by atoms with Crippen molar-refractivity contribution in [3.63, 3.8) is 0 Å². The molecule has 7 nitrogen and oxygen atoms in total. The van der Waals surface area contributed by atoms with E-state index >= 15 is 0 Å². The topological polar surface area (TPSA) is 96.0 Å². The fraction of sp³-hybridized carbons (Fsp3) is 0.444. The Morgan fingerprint density at radius 1 is 1.07 bits per heavy atom. The van der Waals surface area contributed by atoms with Gasteiger partial charge < -0.3 is 15.6 Å². The van der Waals surface area contributed by atoms with Crippen LogP contribution >= 0.6 is 12.2 Å². The largest absolute Gasteiger partial charge is 0.405 e. The van der Waals surface area contributed by atoms with Crippen molar-refractivity contribution in [1.29, 1.82) is 0 Å². The van der Waals surface area contributed by atoms with Gasteiger partial charge in [0.25, 0.3) is 5.56 Å². The normalized spacial score (nSPS) is 11.4. The third kappa shape index (κ3) is 7.33. The number of aromatic nitrogens is 2. The first-order valence-electron chi connectivity index (χ1n) is 8.99. The molecule has 1 heterocycles. The van der Waals surface area contributed by atoms with Gasteiger partial charge in [0.15, 0.2) is 4.77 Å². The van der Waals surface area contributed by atoms with E-state index in [9.17, 15) is 27.6 Å². The number of para-hydroxylation sites is 1. The first-order valence-corrected chi connectivity index (χ1v) is 9.40. The highest BCUT2D eigenvalue weighted by molar-refractivity contribution is 7.71. The number of aromatic amines is 1. The van der Waals surface area contributed by atoms with Crippen LogP contribution in [0, 0.1) is 4.77 Å². The van der Waals surface area contributed by atoms with E-state index in [-0.39, 0.29) is 12.0 Å². The molecule has 0 aliphatic carbocycles. The molecule has 2 aromatic rings. The number of alkyl halides is 3. The minimum absolute atomic E-state index is 0.131. The van der Waals surface area contributed by atoms with Gasteiger partial charge in [-0.3, -0.25) is 19.0 Å². The zero-order chi connectivity index (χ0) is 21.4. The predicted octanol–water partition coefficient (Wildman–Crippen LogP) is 2.41. The molecular weight excluding hydrogens is 409 g/mol. The maximum absolute atomic E-state index is 12.5. The van der Waals surface area contributed by atoms with E-state index in [0.29, 0.717) is 41.5 Å². The van der Waals surface area contributed by atoms with Crippen molar-refractivity contribution in [2.75, 3.05) is 13.1 Å². The van der Waals surface area contributed by atoms with Crippen LogP contribution < -0.4 is 16.2 Å². The van der Waals surface area contributed by atoms with Gasteiger partial charge in [-0.1, -0.05) is 18.6 Å². The van der Waals surface area contributed by atoms with Crippen LogP contribution in [0.25, 0.3) is 10.9 Å². The van der Waals surface area contributed by atoms with Crippen molar-refractivity contribution >= 4 is 34.9 Å². The fourth-order valence-corrected chi connectivity index (χ4v) is 2.95. The fourth-order valence-electron chi connectivity index (χ4n) is 2.66. The summed E-state index contributed by atoms with van der Waals surface area (Å²) in [5.74, 6) is -1.33. The third-order valence-corrected chi connectivity index (χ3v) is 4.43. The summed E-state index contributed by atoms with van der Waals surface area (Å²) in [5.41, 5.74) is 0.502. The second-order valence-electron chi connectivity index (χ2n) is 6.41. The van der Waals surface area contributed by atoms with Gasteiger partial charge in [0.1, 0.15) is 6.54 Å². The van der Waals surface area contributed by atoms with Crippen molar-refractivity contribution in [3.8, 4) is 0 Å². The molecule has 29 heavy (non-hydrogen) atoms. The lowest BCUT2D eigenvalue weighted by Gasteiger charge is -2.09. The maximum Gasteiger partial charge on any atom is 0.405 e. The number of nitrogens with zero attached hydrogens (tertiary/aromatic N) is 1. The lowest BCUT2D eigenvalue weighted by atomic mass is 10.2. The lowest BCUT2D eigenvalue weighted by Crippen LogP contribution is -2.40. The number of rotatable bonds is 9. The van der Waals surface area contributed by atoms with Gasteiger partial charge in [-0.25, -0.2) is 0 Å². The molecule has 0 bridgehead atoms. The molecule has 0 aliphatic heterocycles. The molecule has 0 radical (unpaired) electrons. The first kappa shape index (κ1) is 22.6. The summed E-state index contributed by atoms with van der Waals surface area (Å²) in [6.07, 6.45) is -2.59. The van der Waals surface area contributed by atoms with Crippen LogP contribution in [-0.2, 0) is 16.1 Å². The van der Waals surface area contributed by atoms with E-state index in [0.717, 1.165) is 0 Å². The molecule has 1 aromatic carbocycles. The Hall–Kier alpha value is -2.69. The van der Waals surface area contributed by atoms with Crippen molar-refractivity contribution in [2.45, 2.75) is 38.4 Å². The molecule has 1 aromatic heterocycles. The molecule has 11 heteroatoms. The lowest BCUT2D eigenvalue weighted by molar-refractivity contribution is -0.138. The minimum Gasteiger partial charge on any atom is -0.347 e. The van der Waals surface area contributed by atoms with Crippen LogP contribution in [0.15, 0.2) is 29.1 Å². The van der Waals surface area contributed by atoms with E-state index in [1.165, 1.54) is 4.57 Å². The summed E-state index contributed by atoms with van der Waals surface area (Å²) in [4.78, 5) is 38.4. The third-order valence-electron chi connectivity index (χ3n) is 4.11. The monoisotopic (exact) mass is 430 g/mol. The number of unbranched alkanes of at least 4 members (excludes halogenated alkanes) is 2. The van der Waals surface area contributed by atoms with E-state index < -0.39 is 31.1 Å². The van der Waals surface area contributed by atoms with Gasteiger partial charge in [-0.15, -0.1) is 0 Å². The number of H-pyrrole nitrogens is 1. The number of carbonyl (C=O) groups is 2. The Kier molecular flexibility index (Phi) is 7.94. The van der Waals surface area contributed by atoms with Crippen molar-refractivity contribution in [3.05, 3.63) is 39.4 Å². The second-order valence-corrected chi connectivity index (χ2v) is 6.80. The van der Waals surface area contributed by atoms with Crippen molar-refractivity contribution < 1.29 is 22.8 Å². The number of amides is 2.